The van der Waals surface area contributed by atoms with Gasteiger partial charge < -0.3 is 9.47 Å². The summed E-state index contributed by atoms with van der Waals surface area (Å²) in [5.74, 6) is 0.0140. The average molecular weight is 565 g/mol. The molecule has 1 heterocycles. The predicted molar refractivity (Wildman–Crippen MR) is 147 cm³/mol. The molecule has 0 bridgehead atoms. The molecule has 0 N–H and O–H groups in total. The molecule has 0 saturated carbocycles. The number of thioether (sulfide) groups is 1. The highest BCUT2D eigenvalue weighted by Gasteiger charge is 2.33. The summed E-state index contributed by atoms with van der Waals surface area (Å²) in [6.07, 6.45) is 2.57. The minimum atomic E-state index is -0.427. The van der Waals surface area contributed by atoms with Crippen LogP contribution in [0, 0.1) is 0 Å². The van der Waals surface area contributed by atoms with Crippen LogP contribution in [0.2, 0.25) is 0 Å². The number of para-hydroxylation sites is 1. The van der Waals surface area contributed by atoms with Crippen molar-refractivity contribution in [2.45, 2.75) is 13.3 Å². The number of ether oxygens (including phenoxy) is 2. The van der Waals surface area contributed by atoms with Crippen LogP contribution in [0.15, 0.2) is 93.2 Å². The molecular formula is C28H25BrN2O4S. The van der Waals surface area contributed by atoms with Crippen LogP contribution < -0.4 is 4.74 Å². The minimum absolute atomic E-state index is 0.0793. The summed E-state index contributed by atoms with van der Waals surface area (Å²) in [5, 5.41) is 0.654. The van der Waals surface area contributed by atoms with Gasteiger partial charge >= 0.3 is 5.97 Å². The van der Waals surface area contributed by atoms with Crippen molar-refractivity contribution < 1.29 is 19.1 Å². The Morgan fingerprint density at radius 3 is 2.47 bits per heavy atom. The van der Waals surface area contributed by atoms with E-state index < -0.39 is 5.97 Å². The minimum Gasteiger partial charge on any atom is -0.481 e. The topological polar surface area (TPSA) is 68.2 Å². The molecule has 0 unspecified atom stereocenters. The Balaban J connectivity index is 1.54. The average Bonchev–Trinajstić information content (AvgIpc) is 3.17. The quantitative estimate of drug-likeness (QED) is 0.227. The Kier molecular flexibility index (Phi) is 8.97. The largest absolute Gasteiger partial charge is 0.481 e. The van der Waals surface area contributed by atoms with E-state index in [1.54, 1.807) is 17.9 Å². The number of carbonyl (C=O) groups excluding carboxylic acids is 2. The second-order valence-electron chi connectivity index (χ2n) is 7.82. The highest BCUT2D eigenvalue weighted by Crippen LogP contribution is 2.35. The first-order valence-corrected chi connectivity index (χ1v) is 13.1. The van der Waals surface area contributed by atoms with Crippen molar-refractivity contribution in [2.24, 2.45) is 4.99 Å². The molecule has 8 heteroatoms. The molecule has 1 saturated heterocycles. The summed E-state index contributed by atoms with van der Waals surface area (Å²) in [5.41, 5.74) is 2.78. The number of hydrogen-bond donors (Lipinski definition) is 0. The highest BCUT2D eigenvalue weighted by atomic mass is 79.9. The lowest BCUT2D eigenvalue weighted by molar-refractivity contribution is -0.145. The molecule has 0 atom stereocenters. The number of rotatable bonds is 9. The van der Waals surface area contributed by atoms with Crippen LogP contribution in [-0.4, -0.2) is 41.7 Å². The summed E-state index contributed by atoms with van der Waals surface area (Å²) in [7, 11) is 0. The van der Waals surface area contributed by atoms with Gasteiger partial charge in [0.15, 0.2) is 11.8 Å². The number of hydrogen-bond acceptors (Lipinski definition) is 6. The van der Waals surface area contributed by atoms with E-state index in [-0.39, 0.29) is 12.5 Å². The Morgan fingerprint density at radius 2 is 1.78 bits per heavy atom. The van der Waals surface area contributed by atoms with Crippen molar-refractivity contribution in [1.82, 2.24) is 4.90 Å². The number of carbonyl (C=O) groups is 2. The molecule has 0 aliphatic carbocycles. The lowest BCUT2D eigenvalue weighted by atomic mass is 10.1. The van der Waals surface area contributed by atoms with Crippen molar-refractivity contribution in [1.29, 1.82) is 0 Å². The van der Waals surface area contributed by atoms with Crippen LogP contribution in [0.4, 0.5) is 5.69 Å². The molecule has 1 amide bonds. The first-order chi connectivity index (χ1) is 17.5. The summed E-state index contributed by atoms with van der Waals surface area (Å²) >= 11 is 4.85. The van der Waals surface area contributed by atoms with Crippen LogP contribution in [0.1, 0.15) is 18.1 Å². The lowest BCUT2D eigenvalue weighted by Gasteiger charge is -2.15. The second kappa shape index (κ2) is 12.6. The smallest absolute Gasteiger partial charge is 0.344 e. The Labute approximate surface area is 223 Å². The number of amidine groups is 1. The van der Waals surface area contributed by atoms with E-state index in [1.165, 1.54) is 11.8 Å². The van der Waals surface area contributed by atoms with Gasteiger partial charge in [-0.05, 0) is 82.5 Å². The van der Waals surface area contributed by atoms with E-state index in [2.05, 4.69) is 28.1 Å². The fraction of sp³-hybridized carbons (Fsp3) is 0.179. The van der Waals surface area contributed by atoms with Gasteiger partial charge in [0.1, 0.15) is 5.75 Å². The van der Waals surface area contributed by atoms with E-state index in [0.29, 0.717) is 33.4 Å². The molecule has 3 aromatic rings. The maximum atomic E-state index is 13.4. The van der Waals surface area contributed by atoms with Gasteiger partial charge in [0.25, 0.3) is 5.91 Å². The zero-order valence-electron chi connectivity index (χ0n) is 19.7. The molecular weight excluding hydrogens is 540 g/mol. The fourth-order valence-electron chi connectivity index (χ4n) is 3.50. The summed E-state index contributed by atoms with van der Waals surface area (Å²) < 4.78 is 11.1. The molecule has 1 fully saturated rings. The van der Waals surface area contributed by atoms with Crippen molar-refractivity contribution in [3.8, 4) is 5.75 Å². The van der Waals surface area contributed by atoms with E-state index in [0.717, 1.165) is 23.2 Å². The molecule has 0 radical (unpaired) electrons. The van der Waals surface area contributed by atoms with Gasteiger partial charge in [-0.1, -0.05) is 54.6 Å². The van der Waals surface area contributed by atoms with Crippen molar-refractivity contribution >= 4 is 56.5 Å². The molecule has 184 valence electrons. The fourth-order valence-corrected chi connectivity index (χ4v) is 5.04. The van der Waals surface area contributed by atoms with Crippen LogP contribution in [0.25, 0.3) is 6.08 Å². The monoisotopic (exact) mass is 564 g/mol. The molecule has 0 aromatic heterocycles. The SMILES string of the molecule is CCOC(=O)COc1ccc(/C=C2/SC(=Nc3ccccc3)N(CCc3ccccc3)C2=O)cc1Br. The third-order valence-corrected chi connectivity index (χ3v) is 6.87. The first kappa shape index (κ1) is 25.7. The number of benzene rings is 3. The predicted octanol–water partition coefficient (Wildman–Crippen LogP) is 6.24. The molecule has 1 aliphatic heterocycles. The zero-order chi connectivity index (χ0) is 25.3. The third-order valence-electron chi connectivity index (χ3n) is 5.24. The molecule has 6 nitrogen and oxygen atoms in total. The van der Waals surface area contributed by atoms with Gasteiger partial charge in [0.05, 0.1) is 21.7 Å². The highest BCUT2D eigenvalue weighted by molar-refractivity contribution is 9.10. The van der Waals surface area contributed by atoms with Gasteiger partial charge in [0.2, 0.25) is 0 Å². The first-order valence-electron chi connectivity index (χ1n) is 11.5. The van der Waals surface area contributed by atoms with Gasteiger partial charge in [-0.25, -0.2) is 9.79 Å². The standard InChI is InChI=1S/C28H25BrN2O4S/c1-2-34-26(32)19-35-24-14-13-21(17-23(24)29)18-25-27(33)31(16-15-20-9-5-3-6-10-20)28(36-25)30-22-11-7-4-8-12-22/h3-14,17-18H,2,15-16,19H2,1H3/b25-18+,30-28?. The van der Waals surface area contributed by atoms with Crippen LogP contribution in [-0.2, 0) is 20.7 Å². The Bertz CT molecular complexity index is 1280. The molecule has 3 aromatic carbocycles. The van der Waals surface area contributed by atoms with Gasteiger partial charge in [-0.15, -0.1) is 0 Å². The summed E-state index contributed by atoms with van der Waals surface area (Å²) in [4.78, 5) is 32.0. The third kappa shape index (κ3) is 6.86. The summed E-state index contributed by atoms with van der Waals surface area (Å²) in [6, 6.07) is 25.2. The molecule has 1 aliphatic rings. The maximum Gasteiger partial charge on any atom is 0.344 e. The number of nitrogens with zero attached hydrogens (tertiary/aromatic N) is 2. The van der Waals surface area contributed by atoms with E-state index in [9.17, 15) is 9.59 Å². The molecule has 0 spiro atoms. The molecule has 36 heavy (non-hydrogen) atoms. The van der Waals surface area contributed by atoms with Crippen LogP contribution in [0.5, 0.6) is 5.75 Å². The lowest BCUT2D eigenvalue weighted by Crippen LogP contribution is -2.31. The van der Waals surface area contributed by atoms with E-state index in [4.69, 9.17) is 14.5 Å². The Hall–Kier alpha value is -3.36. The van der Waals surface area contributed by atoms with Crippen molar-refractivity contribution in [3.05, 3.63) is 99.4 Å². The number of aliphatic imine (C=N–C) groups is 1. The number of halogens is 1. The van der Waals surface area contributed by atoms with Gasteiger partial charge in [-0.3, -0.25) is 9.69 Å². The second-order valence-corrected chi connectivity index (χ2v) is 9.68. The molecule has 4 rings (SSSR count). The van der Waals surface area contributed by atoms with Gasteiger partial charge in [-0.2, -0.15) is 0 Å². The Morgan fingerprint density at radius 1 is 1.06 bits per heavy atom. The maximum absolute atomic E-state index is 13.4. The van der Waals surface area contributed by atoms with Crippen LogP contribution >= 0.6 is 27.7 Å². The van der Waals surface area contributed by atoms with Crippen LogP contribution in [0.3, 0.4) is 0 Å². The van der Waals surface area contributed by atoms with E-state index >= 15 is 0 Å². The number of amides is 1. The normalized spacial score (nSPS) is 15.5. The number of esters is 1. The van der Waals surface area contributed by atoms with E-state index in [1.807, 2.05) is 66.7 Å². The zero-order valence-corrected chi connectivity index (χ0v) is 22.1. The van der Waals surface area contributed by atoms with Crippen molar-refractivity contribution in [2.75, 3.05) is 19.8 Å². The van der Waals surface area contributed by atoms with Gasteiger partial charge in [0, 0.05) is 6.54 Å². The summed E-state index contributed by atoms with van der Waals surface area (Å²) in [6.45, 7) is 2.41. The van der Waals surface area contributed by atoms with Crippen molar-refractivity contribution in [3.63, 3.8) is 0 Å².